The van der Waals surface area contributed by atoms with Crippen LogP contribution in [0.2, 0.25) is 0 Å². The molecule has 0 spiro atoms. The Kier molecular flexibility index (Phi) is 4.40. The van der Waals surface area contributed by atoms with Gasteiger partial charge in [0.2, 0.25) is 0 Å². The number of aryl methyl sites for hydroxylation is 2. The minimum Gasteiger partial charge on any atom is -0.497 e. The summed E-state index contributed by atoms with van der Waals surface area (Å²) in [6.07, 6.45) is 1.93. The average Bonchev–Trinajstić information content (AvgIpc) is 3.02. The molecule has 2 heterocycles. The number of ether oxygens (including phenoxy) is 1. The summed E-state index contributed by atoms with van der Waals surface area (Å²) in [4.78, 5) is 4.40. The summed E-state index contributed by atoms with van der Waals surface area (Å²) in [5, 5.41) is 14.0. The fourth-order valence-electron chi connectivity index (χ4n) is 2.75. The van der Waals surface area contributed by atoms with Crippen LogP contribution in [0.1, 0.15) is 18.2 Å². The molecule has 2 N–H and O–H groups in total. The number of aromatic nitrogens is 3. The predicted molar refractivity (Wildman–Crippen MR) is 97.0 cm³/mol. The van der Waals surface area contributed by atoms with E-state index < -0.39 is 0 Å². The number of nitrogens with two attached hydrogens (primary N) is 1. The second-order valence-electron chi connectivity index (χ2n) is 5.64. The maximum atomic E-state index is 9.53. The fourth-order valence-corrected chi connectivity index (χ4v) is 2.75. The van der Waals surface area contributed by atoms with Gasteiger partial charge in [0, 0.05) is 29.4 Å². The molecule has 25 heavy (non-hydrogen) atoms. The molecule has 0 fully saturated rings. The number of nitrogen functional groups attached to an aromatic ring is 1. The standard InChI is InChI=1S/C19H19N5O/c1-4-24-11-17(12(2)23-24)15-9-18(22-19(21)16(15)10-20)13-5-7-14(25-3)8-6-13/h5-9,11H,4H2,1-3H3,(H2,21,22). The van der Waals surface area contributed by atoms with Gasteiger partial charge in [0.25, 0.3) is 0 Å². The van der Waals surface area contributed by atoms with E-state index >= 15 is 0 Å². The zero-order valence-corrected chi connectivity index (χ0v) is 14.4. The topological polar surface area (TPSA) is 89.8 Å². The zero-order chi connectivity index (χ0) is 18.0. The Morgan fingerprint density at radius 2 is 1.96 bits per heavy atom. The average molecular weight is 333 g/mol. The quantitative estimate of drug-likeness (QED) is 0.790. The summed E-state index contributed by atoms with van der Waals surface area (Å²) in [6.45, 7) is 4.70. The second kappa shape index (κ2) is 6.65. The van der Waals surface area contributed by atoms with Crippen LogP contribution in [0.25, 0.3) is 22.4 Å². The molecule has 0 bridgehead atoms. The van der Waals surface area contributed by atoms with E-state index in [1.165, 1.54) is 0 Å². The number of rotatable bonds is 4. The molecular formula is C19H19N5O. The number of nitrogens with zero attached hydrogens (tertiary/aromatic N) is 4. The first-order valence-electron chi connectivity index (χ1n) is 7.96. The Morgan fingerprint density at radius 1 is 1.24 bits per heavy atom. The van der Waals surface area contributed by atoms with Crippen molar-refractivity contribution in [2.75, 3.05) is 12.8 Å². The lowest BCUT2D eigenvalue weighted by Crippen LogP contribution is -2.00. The summed E-state index contributed by atoms with van der Waals surface area (Å²) in [6, 6.07) is 11.6. The Hall–Kier alpha value is -3.33. The van der Waals surface area contributed by atoms with E-state index in [1.54, 1.807) is 7.11 Å². The van der Waals surface area contributed by atoms with Crippen LogP contribution < -0.4 is 10.5 Å². The molecule has 6 nitrogen and oxygen atoms in total. The van der Waals surface area contributed by atoms with Crippen molar-refractivity contribution in [1.29, 1.82) is 5.26 Å². The number of nitriles is 1. The molecule has 0 saturated heterocycles. The third kappa shape index (κ3) is 3.04. The lowest BCUT2D eigenvalue weighted by molar-refractivity contribution is 0.415. The highest BCUT2D eigenvalue weighted by Gasteiger charge is 2.17. The molecular weight excluding hydrogens is 314 g/mol. The maximum Gasteiger partial charge on any atom is 0.142 e. The molecule has 6 heteroatoms. The van der Waals surface area contributed by atoms with Gasteiger partial charge in [0.15, 0.2) is 0 Å². The van der Waals surface area contributed by atoms with Crippen LogP contribution in [-0.4, -0.2) is 21.9 Å². The summed E-state index contributed by atoms with van der Waals surface area (Å²) in [5.74, 6) is 0.986. The van der Waals surface area contributed by atoms with Crippen molar-refractivity contribution in [3.05, 3.63) is 47.8 Å². The molecule has 0 atom stereocenters. The lowest BCUT2D eigenvalue weighted by atomic mass is 9.99. The minimum absolute atomic E-state index is 0.217. The molecule has 0 aliphatic rings. The summed E-state index contributed by atoms with van der Waals surface area (Å²) in [7, 11) is 1.62. The van der Waals surface area contributed by atoms with Gasteiger partial charge in [-0.2, -0.15) is 10.4 Å². The smallest absolute Gasteiger partial charge is 0.142 e. The molecule has 0 saturated carbocycles. The van der Waals surface area contributed by atoms with Crippen LogP contribution in [0.4, 0.5) is 5.82 Å². The molecule has 0 aliphatic heterocycles. The van der Waals surface area contributed by atoms with Crippen molar-refractivity contribution in [2.45, 2.75) is 20.4 Å². The van der Waals surface area contributed by atoms with Crippen LogP contribution in [0, 0.1) is 18.3 Å². The Labute approximate surface area is 146 Å². The van der Waals surface area contributed by atoms with Gasteiger partial charge in [0.1, 0.15) is 23.2 Å². The van der Waals surface area contributed by atoms with Gasteiger partial charge in [-0.15, -0.1) is 0 Å². The molecule has 2 aromatic heterocycles. The summed E-state index contributed by atoms with van der Waals surface area (Å²) < 4.78 is 7.03. The Bertz CT molecular complexity index is 951. The Morgan fingerprint density at radius 3 is 2.52 bits per heavy atom. The van der Waals surface area contributed by atoms with Gasteiger partial charge in [0.05, 0.1) is 18.5 Å². The van der Waals surface area contributed by atoms with Crippen molar-refractivity contribution >= 4 is 5.82 Å². The first-order valence-corrected chi connectivity index (χ1v) is 7.96. The third-order valence-corrected chi connectivity index (χ3v) is 4.11. The van der Waals surface area contributed by atoms with E-state index in [1.807, 2.05) is 55.1 Å². The highest BCUT2D eigenvalue weighted by molar-refractivity contribution is 5.80. The molecule has 0 aliphatic carbocycles. The van der Waals surface area contributed by atoms with Gasteiger partial charge in [-0.05, 0) is 44.2 Å². The van der Waals surface area contributed by atoms with E-state index in [4.69, 9.17) is 10.5 Å². The second-order valence-corrected chi connectivity index (χ2v) is 5.64. The lowest BCUT2D eigenvalue weighted by Gasteiger charge is -2.10. The van der Waals surface area contributed by atoms with Crippen LogP contribution in [-0.2, 0) is 6.54 Å². The molecule has 126 valence electrons. The largest absolute Gasteiger partial charge is 0.497 e. The molecule has 0 unspecified atom stereocenters. The number of anilines is 1. The highest BCUT2D eigenvalue weighted by Crippen LogP contribution is 2.33. The third-order valence-electron chi connectivity index (χ3n) is 4.11. The number of benzene rings is 1. The van der Waals surface area contributed by atoms with Crippen LogP contribution >= 0.6 is 0 Å². The van der Waals surface area contributed by atoms with E-state index in [-0.39, 0.29) is 5.82 Å². The first kappa shape index (κ1) is 16.5. The monoisotopic (exact) mass is 333 g/mol. The van der Waals surface area contributed by atoms with E-state index in [0.29, 0.717) is 11.3 Å². The summed E-state index contributed by atoms with van der Waals surface area (Å²) >= 11 is 0. The van der Waals surface area contributed by atoms with Crippen molar-refractivity contribution < 1.29 is 4.74 Å². The predicted octanol–water partition coefficient (Wildman–Crippen LogP) is 3.40. The zero-order valence-electron chi connectivity index (χ0n) is 14.4. The van der Waals surface area contributed by atoms with E-state index in [0.717, 1.165) is 34.7 Å². The van der Waals surface area contributed by atoms with Crippen molar-refractivity contribution in [3.8, 4) is 34.2 Å². The normalized spacial score (nSPS) is 10.5. The number of hydrogen-bond donors (Lipinski definition) is 1. The molecule has 3 aromatic rings. The van der Waals surface area contributed by atoms with Gasteiger partial charge >= 0.3 is 0 Å². The van der Waals surface area contributed by atoms with Gasteiger partial charge < -0.3 is 10.5 Å². The van der Waals surface area contributed by atoms with E-state index in [9.17, 15) is 5.26 Å². The highest BCUT2D eigenvalue weighted by atomic mass is 16.5. The molecule has 0 radical (unpaired) electrons. The number of hydrogen-bond acceptors (Lipinski definition) is 5. The van der Waals surface area contributed by atoms with Gasteiger partial charge in [-0.1, -0.05) is 0 Å². The number of pyridine rings is 1. The Balaban J connectivity index is 2.18. The van der Waals surface area contributed by atoms with Gasteiger partial charge in [-0.3, -0.25) is 4.68 Å². The van der Waals surface area contributed by atoms with E-state index in [2.05, 4.69) is 16.2 Å². The molecule has 1 aromatic carbocycles. The van der Waals surface area contributed by atoms with Crippen LogP contribution in [0.15, 0.2) is 36.5 Å². The maximum absolute atomic E-state index is 9.53. The van der Waals surface area contributed by atoms with Gasteiger partial charge in [-0.25, -0.2) is 4.98 Å². The SMILES string of the molecule is CCn1cc(-c2cc(-c3ccc(OC)cc3)nc(N)c2C#N)c(C)n1. The molecule has 3 rings (SSSR count). The fraction of sp³-hybridized carbons (Fsp3) is 0.211. The van der Waals surface area contributed by atoms with Crippen LogP contribution in [0.3, 0.4) is 0 Å². The number of methoxy groups -OCH3 is 1. The molecule has 0 amide bonds. The van der Waals surface area contributed by atoms with Crippen molar-refractivity contribution in [3.63, 3.8) is 0 Å². The van der Waals surface area contributed by atoms with Crippen LogP contribution in [0.5, 0.6) is 5.75 Å². The van der Waals surface area contributed by atoms with Crippen molar-refractivity contribution in [1.82, 2.24) is 14.8 Å². The van der Waals surface area contributed by atoms with Crippen molar-refractivity contribution in [2.24, 2.45) is 0 Å². The summed E-state index contributed by atoms with van der Waals surface area (Å²) in [5.41, 5.74) is 10.5. The first-order chi connectivity index (χ1) is 12.1. The minimum atomic E-state index is 0.217.